The van der Waals surface area contributed by atoms with Crippen molar-refractivity contribution in [2.24, 2.45) is 0 Å². The lowest BCUT2D eigenvalue weighted by atomic mass is 9.83. The van der Waals surface area contributed by atoms with Crippen LogP contribution >= 0.6 is 0 Å². The quantitative estimate of drug-likeness (QED) is 0.254. The number of hydrogen-bond donors (Lipinski definition) is 0. The lowest BCUT2D eigenvalue weighted by molar-refractivity contribution is 0.567. The molecule has 0 spiro atoms. The topological polar surface area (TPSA) is 57.4 Å². The van der Waals surface area contributed by atoms with Crippen LogP contribution in [0.1, 0.15) is 30.7 Å². The number of nitrogens with zero attached hydrogens (tertiary/aromatic N) is 4. The third-order valence-corrected chi connectivity index (χ3v) is 5.99. The molecule has 5 rings (SSSR count). The number of hydrogen-bond acceptors (Lipinski definition) is 4. The zero-order chi connectivity index (χ0) is 23.0. The number of furan rings is 1. The molecule has 1 aliphatic carbocycles. The molecule has 0 atom stereocenters. The Morgan fingerprint density at radius 2 is 1.64 bits per heavy atom. The van der Waals surface area contributed by atoms with E-state index in [9.17, 15) is 0 Å². The lowest BCUT2D eigenvalue weighted by Crippen LogP contribution is -2.16. The van der Waals surface area contributed by atoms with Crippen molar-refractivity contribution < 1.29 is 4.42 Å². The molecule has 0 saturated carbocycles. The Bertz CT molecular complexity index is 1400. The highest BCUT2D eigenvalue weighted by Crippen LogP contribution is 2.51. The number of aromatic nitrogens is 1. The number of allylic oxidation sites excluding steroid dienone is 1. The minimum Gasteiger partial charge on any atom is -0.456 e. The Morgan fingerprint density at radius 1 is 1.00 bits per heavy atom. The molecule has 0 bridgehead atoms. The van der Waals surface area contributed by atoms with Crippen molar-refractivity contribution in [2.45, 2.75) is 19.3 Å². The number of anilines is 3. The summed E-state index contributed by atoms with van der Waals surface area (Å²) in [6.45, 7) is 11.4. The zero-order valence-electron chi connectivity index (χ0n) is 18.3. The third kappa shape index (κ3) is 3.37. The molecule has 2 aromatic heterocycles. The van der Waals surface area contributed by atoms with Crippen LogP contribution in [0.3, 0.4) is 0 Å². The summed E-state index contributed by atoms with van der Waals surface area (Å²) in [5.41, 5.74) is 5.58. The maximum Gasteiger partial charge on any atom is 0.265 e. The van der Waals surface area contributed by atoms with Gasteiger partial charge in [0.1, 0.15) is 11.5 Å². The van der Waals surface area contributed by atoms with Crippen molar-refractivity contribution >= 4 is 23.1 Å². The molecular weight excluding hydrogens is 408 g/mol. The van der Waals surface area contributed by atoms with Crippen molar-refractivity contribution in [1.82, 2.24) is 4.98 Å². The number of para-hydroxylation sites is 2. The van der Waals surface area contributed by atoms with E-state index in [0.29, 0.717) is 11.5 Å². The van der Waals surface area contributed by atoms with Gasteiger partial charge in [-0.1, -0.05) is 50.2 Å². The predicted octanol–water partition coefficient (Wildman–Crippen LogP) is 7.23. The average Bonchev–Trinajstić information content (AvgIpc) is 3.36. The van der Waals surface area contributed by atoms with Crippen LogP contribution < -0.4 is 4.90 Å². The highest BCUT2D eigenvalue weighted by atomic mass is 16.3. The normalized spacial score (nSPS) is 13.5. The molecule has 0 saturated heterocycles. The molecule has 0 aliphatic heterocycles. The van der Waals surface area contributed by atoms with Gasteiger partial charge < -0.3 is 9.32 Å². The monoisotopic (exact) mass is 428 g/mol. The molecule has 4 aromatic rings. The summed E-state index contributed by atoms with van der Waals surface area (Å²) in [5.74, 6) is 1.19. The van der Waals surface area contributed by atoms with E-state index in [-0.39, 0.29) is 11.1 Å². The molecule has 5 heteroatoms. The van der Waals surface area contributed by atoms with Gasteiger partial charge in [-0.2, -0.15) is 0 Å². The number of benzene rings is 2. The van der Waals surface area contributed by atoms with Gasteiger partial charge in [0.15, 0.2) is 5.76 Å². The molecule has 0 unspecified atom stereocenters. The molecule has 2 heterocycles. The molecule has 0 radical (unpaired) electrons. The molecule has 0 amide bonds. The van der Waals surface area contributed by atoms with Gasteiger partial charge in [-0.05, 0) is 48.0 Å². The Balaban J connectivity index is 1.63. The highest BCUT2D eigenvalue weighted by Gasteiger charge is 2.40. The van der Waals surface area contributed by atoms with Crippen LogP contribution in [0, 0.1) is 17.9 Å². The summed E-state index contributed by atoms with van der Waals surface area (Å²) >= 11 is 0. The number of nitriles is 1. The van der Waals surface area contributed by atoms with Crippen LogP contribution in [0.25, 0.3) is 22.4 Å². The molecule has 1 aliphatic rings. The second-order valence-electron chi connectivity index (χ2n) is 8.37. The Morgan fingerprint density at radius 3 is 2.21 bits per heavy atom. The van der Waals surface area contributed by atoms with E-state index in [0.717, 1.165) is 33.9 Å². The first-order valence-corrected chi connectivity index (χ1v) is 10.6. The highest BCUT2D eigenvalue weighted by molar-refractivity contribution is 5.81. The van der Waals surface area contributed by atoms with E-state index in [1.54, 1.807) is 0 Å². The fourth-order valence-corrected chi connectivity index (χ4v) is 4.33. The van der Waals surface area contributed by atoms with Crippen LogP contribution in [0.4, 0.5) is 17.1 Å². The van der Waals surface area contributed by atoms with Crippen molar-refractivity contribution in [2.75, 3.05) is 4.90 Å². The van der Waals surface area contributed by atoms with Gasteiger partial charge in [0, 0.05) is 22.4 Å². The fraction of sp³-hybridized carbons (Fsp3) is 0.107. The minimum atomic E-state index is -0.340. The SMILES string of the molecule is [C-]#[N+]/C(C#N)=C\c1cc2c(o1)-c1ncc(N(c3ccccc3)c3ccccc3)cc1C2(C)C. The summed E-state index contributed by atoms with van der Waals surface area (Å²) in [5, 5.41) is 9.07. The summed E-state index contributed by atoms with van der Waals surface area (Å²) in [7, 11) is 0. The number of pyridine rings is 1. The Labute approximate surface area is 192 Å². The molecule has 0 fully saturated rings. The van der Waals surface area contributed by atoms with E-state index >= 15 is 0 Å². The van der Waals surface area contributed by atoms with Gasteiger partial charge in [0.25, 0.3) is 5.70 Å². The van der Waals surface area contributed by atoms with Crippen molar-refractivity contribution in [3.8, 4) is 17.5 Å². The second-order valence-corrected chi connectivity index (χ2v) is 8.37. The van der Waals surface area contributed by atoms with E-state index in [2.05, 4.69) is 53.9 Å². The summed E-state index contributed by atoms with van der Waals surface area (Å²) < 4.78 is 6.05. The van der Waals surface area contributed by atoms with Crippen LogP contribution in [0.5, 0.6) is 0 Å². The average molecular weight is 428 g/mol. The van der Waals surface area contributed by atoms with E-state index in [1.807, 2.05) is 54.7 Å². The molecule has 5 nitrogen and oxygen atoms in total. The largest absolute Gasteiger partial charge is 0.456 e. The fourth-order valence-electron chi connectivity index (χ4n) is 4.33. The number of rotatable bonds is 4. The first kappa shape index (κ1) is 20.3. The summed E-state index contributed by atoms with van der Waals surface area (Å²) in [4.78, 5) is 10.2. The zero-order valence-corrected chi connectivity index (χ0v) is 18.3. The Hall–Kier alpha value is -4.61. The molecule has 158 valence electrons. The van der Waals surface area contributed by atoms with Gasteiger partial charge in [-0.25, -0.2) is 10.1 Å². The third-order valence-electron chi connectivity index (χ3n) is 5.99. The van der Waals surface area contributed by atoms with Crippen molar-refractivity contribution in [3.05, 3.63) is 113 Å². The van der Waals surface area contributed by atoms with Gasteiger partial charge in [0.05, 0.1) is 24.5 Å². The van der Waals surface area contributed by atoms with Crippen LogP contribution in [0.2, 0.25) is 0 Å². The second kappa shape index (κ2) is 7.82. The van der Waals surface area contributed by atoms with E-state index in [4.69, 9.17) is 21.2 Å². The van der Waals surface area contributed by atoms with Gasteiger partial charge in [-0.3, -0.25) is 4.98 Å². The summed E-state index contributed by atoms with van der Waals surface area (Å²) in [6, 6.07) is 26.4. The molecular formula is C28H20N4O. The lowest BCUT2D eigenvalue weighted by Gasteiger charge is -2.27. The van der Waals surface area contributed by atoms with Crippen LogP contribution in [-0.4, -0.2) is 4.98 Å². The standard InChI is InChI=1S/C28H20N4O/c1-28(2)24-15-22(32(20-10-6-4-7-11-20)21-12-8-5-9-13-21)18-31-26(24)27-25(28)16-23(33-27)14-19(17-29)30-3/h4-16,18H,1-2H3/b19-14-. The van der Waals surface area contributed by atoms with Crippen molar-refractivity contribution in [1.29, 1.82) is 5.26 Å². The maximum absolute atomic E-state index is 9.07. The van der Waals surface area contributed by atoms with Crippen molar-refractivity contribution in [3.63, 3.8) is 0 Å². The van der Waals surface area contributed by atoms with Gasteiger partial charge >= 0.3 is 0 Å². The molecule has 2 aromatic carbocycles. The molecule has 0 N–H and O–H groups in total. The van der Waals surface area contributed by atoms with E-state index in [1.165, 1.54) is 6.08 Å². The van der Waals surface area contributed by atoms with E-state index < -0.39 is 0 Å². The van der Waals surface area contributed by atoms with Crippen LogP contribution in [-0.2, 0) is 5.41 Å². The first-order chi connectivity index (χ1) is 16.0. The maximum atomic E-state index is 9.07. The smallest absolute Gasteiger partial charge is 0.265 e. The molecule has 33 heavy (non-hydrogen) atoms. The van der Waals surface area contributed by atoms with Crippen LogP contribution in [0.15, 0.2) is 89.1 Å². The minimum absolute atomic E-state index is 0.00914. The first-order valence-electron chi connectivity index (χ1n) is 10.6. The number of fused-ring (bicyclic) bond motifs is 3. The summed E-state index contributed by atoms with van der Waals surface area (Å²) in [6.07, 6.45) is 3.34. The Kier molecular flexibility index (Phi) is 4.81. The van der Waals surface area contributed by atoms with Gasteiger partial charge in [0.2, 0.25) is 0 Å². The van der Waals surface area contributed by atoms with Gasteiger partial charge in [-0.15, -0.1) is 0 Å². The predicted molar refractivity (Wildman–Crippen MR) is 129 cm³/mol.